The molecule has 0 spiro atoms. The van der Waals surface area contributed by atoms with Crippen molar-refractivity contribution in [2.75, 3.05) is 0 Å². The van der Waals surface area contributed by atoms with Gasteiger partial charge in [0.05, 0.1) is 0 Å². The molecule has 0 fully saturated rings. The van der Waals surface area contributed by atoms with Gasteiger partial charge in [-0.3, -0.25) is 0 Å². The Hall–Kier alpha value is -1.16. The molecule has 0 radical (unpaired) electrons. The second kappa shape index (κ2) is 7.17. The summed E-state index contributed by atoms with van der Waals surface area (Å²) in [6, 6.07) is 9.87. The van der Waals surface area contributed by atoms with Crippen molar-refractivity contribution in [1.82, 2.24) is 9.97 Å². The summed E-state index contributed by atoms with van der Waals surface area (Å²) in [7, 11) is 0. The smallest absolute Gasteiger partial charge is 0.159 e. The van der Waals surface area contributed by atoms with Crippen LogP contribution in [0.2, 0.25) is 0 Å². The molecule has 0 saturated heterocycles. The molecule has 0 amide bonds. The van der Waals surface area contributed by atoms with Crippen LogP contribution in [0.25, 0.3) is 11.4 Å². The molecule has 0 aliphatic heterocycles. The fourth-order valence-electron chi connectivity index (χ4n) is 1.20. The van der Waals surface area contributed by atoms with Gasteiger partial charge >= 0.3 is 0 Å². The van der Waals surface area contributed by atoms with Crippen molar-refractivity contribution in [2.24, 2.45) is 5.73 Å². The lowest BCUT2D eigenvalue weighted by Crippen LogP contribution is -1.98. The van der Waals surface area contributed by atoms with Crippen molar-refractivity contribution in [1.29, 1.82) is 0 Å². The number of hydrogen-bond donors (Lipinski definition) is 1. The van der Waals surface area contributed by atoms with Crippen LogP contribution in [0.5, 0.6) is 0 Å². The molecular weight excluding hydrogens is 245 g/mol. The molecule has 1 aromatic heterocycles. The van der Waals surface area contributed by atoms with Gasteiger partial charge in [0.15, 0.2) is 5.82 Å². The third-order valence-corrected chi connectivity index (χ3v) is 1.97. The predicted octanol–water partition coefficient (Wildman–Crippen LogP) is 2.45. The van der Waals surface area contributed by atoms with E-state index in [1.54, 1.807) is 12.4 Å². The van der Waals surface area contributed by atoms with Crippen LogP contribution in [-0.4, -0.2) is 9.97 Å². The lowest BCUT2D eigenvalue weighted by atomic mass is 10.2. The van der Waals surface area contributed by atoms with Crippen molar-refractivity contribution in [3.05, 3.63) is 48.3 Å². The van der Waals surface area contributed by atoms with E-state index in [0.717, 1.165) is 17.0 Å². The maximum Gasteiger partial charge on any atom is 0.159 e. The van der Waals surface area contributed by atoms with Crippen LogP contribution in [-0.2, 0) is 6.54 Å². The zero-order chi connectivity index (χ0) is 9.80. The molecule has 5 heteroatoms. The maximum absolute atomic E-state index is 5.46. The second-order valence-corrected chi connectivity index (χ2v) is 2.99. The topological polar surface area (TPSA) is 51.8 Å². The van der Waals surface area contributed by atoms with Crippen molar-refractivity contribution < 1.29 is 0 Å². The van der Waals surface area contributed by atoms with Crippen molar-refractivity contribution in [2.45, 2.75) is 6.54 Å². The first-order chi connectivity index (χ1) is 6.90. The second-order valence-electron chi connectivity index (χ2n) is 2.99. The minimum absolute atomic E-state index is 0. The molecule has 2 aromatic rings. The summed E-state index contributed by atoms with van der Waals surface area (Å²) in [4.78, 5) is 8.46. The fraction of sp³-hybridized carbons (Fsp3) is 0.0909. The van der Waals surface area contributed by atoms with Gasteiger partial charge in [-0.25, -0.2) is 9.97 Å². The molecule has 2 N–H and O–H groups in total. The maximum atomic E-state index is 5.46. The van der Waals surface area contributed by atoms with E-state index in [0.29, 0.717) is 6.54 Å². The molecule has 0 aliphatic rings. The van der Waals surface area contributed by atoms with Gasteiger partial charge in [-0.1, -0.05) is 30.3 Å². The van der Waals surface area contributed by atoms with Crippen LogP contribution in [0, 0.1) is 0 Å². The molecule has 0 atom stereocenters. The van der Waals surface area contributed by atoms with Gasteiger partial charge in [0, 0.05) is 30.1 Å². The summed E-state index contributed by atoms with van der Waals surface area (Å²) in [5.41, 5.74) is 7.43. The van der Waals surface area contributed by atoms with Crippen molar-refractivity contribution >= 4 is 24.8 Å². The average Bonchev–Trinajstić information content (AvgIpc) is 2.30. The van der Waals surface area contributed by atoms with Crippen LogP contribution in [0.4, 0.5) is 0 Å². The van der Waals surface area contributed by atoms with E-state index in [2.05, 4.69) is 9.97 Å². The largest absolute Gasteiger partial charge is 0.326 e. The summed E-state index contributed by atoms with van der Waals surface area (Å²) in [5, 5.41) is 0. The molecule has 0 saturated carbocycles. The SMILES string of the molecule is Cl.Cl.NCc1cnc(-c2ccccc2)nc1. The monoisotopic (exact) mass is 257 g/mol. The highest BCUT2D eigenvalue weighted by molar-refractivity contribution is 5.85. The molecule has 0 aliphatic carbocycles. The fourth-order valence-corrected chi connectivity index (χ4v) is 1.20. The Morgan fingerprint density at radius 3 is 2.00 bits per heavy atom. The first kappa shape index (κ1) is 14.8. The van der Waals surface area contributed by atoms with Gasteiger partial charge in [-0.15, -0.1) is 24.8 Å². The highest BCUT2D eigenvalue weighted by atomic mass is 35.5. The van der Waals surface area contributed by atoms with Gasteiger partial charge < -0.3 is 5.73 Å². The van der Waals surface area contributed by atoms with Gasteiger partial charge in [0.25, 0.3) is 0 Å². The zero-order valence-electron chi connectivity index (χ0n) is 8.54. The van der Waals surface area contributed by atoms with E-state index in [1.807, 2.05) is 30.3 Å². The van der Waals surface area contributed by atoms with Gasteiger partial charge in [0.1, 0.15) is 0 Å². The third-order valence-electron chi connectivity index (χ3n) is 1.97. The summed E-state index contributed by atoms with van der Waals surface area (Å²) in [5.74, 6) is 0.739. The molecular formula is C11H13Cl2N3. The lowest BCUT2D eigenvalue weighted by molar-refractivity contribution is 1.01. The Kier molecular flexibility index (Phi) is 6.65. The highest BCUT2D eigenvalue weighted by Crippen LogP contribution is 2.12. The molecule has 86 valence electrons. The number of benzene rings is 1. The number of aromatic nitrogens is 2. The van der Waals surface area contributed by atoms with Crippen molar-refractivity contribution in [3.8, 4) is 11.4 Å². The Balaban J connectivity index is 0.00000112. The predicted molar refractivity (Wildman–Crippen MR) is 69.9 cm³/mol. The number of hydrogen-bond acceptors (Lipinski definition) is 3. The minimum atomic E-state index is 0. The van der Waals surface area contributed by atoms with Crippen LogP contribution >= 0.6 is 24.8 Å². The number of nitrogens with zero attached hydrogens (tertiary/aromatic N) is 2. The molecule has 0 bridgehead atoms. The Labute approximate surface area is 107 Å². The Bertz CT molecular complexity index is 403. The molecule has 16 heavy (non-hydrogen) atoms. The molecule has 1 aromatic carbocycles. The normalized spacial score (nSPS) is 8.81. The Morgan fingerprint density at radius 2 is 1.50 bits per heavy atom. The van der Waals surface area contributed by atoms with Crippen LogP contribution < -0.4 is 5.73 Å². The van der Waals surface area contributed by atoms with E-state index in [9.17, 15) is 0 Å². The average molecular weight is 258 g/mol. The standard InChI is InChI=1S/C11H11N3.2ClH/c12-6-9-7-13-11(14-8-9)10-4-2-1-3-5-10;;/h1-5,7-8H,6,12H2;2*1H. The first-order valence-electron chi connectivity index (χ1n) is 4.46. The van der Waals surface area contributed by atoms with E-state index in [4.69, 9.17) is 5.73 Å². The quantitative estimate of drug-likeness (QED) is 0.900. The van der Waals surface area contributed by atoms with E-state index < -0.39 is 0 Å². The van der Waals surface area contributed by atoms with Crippen LogP contribution in [0.15, 0.2) is 42.7 Å². The van der Waals surface area contributed by atoms with E-state index in [-0.39, 0.29) is 24.8 Å². The molecule has 1 heterocycles. The lowest BCUT2D eigenvalue weighted by Gasteiger charge is -1.99. The van der Waals surface area contributed by atoms with Crippen LogP contribution in [0.1, 0.15) is 5.56 Å². The van der Waals surface area contributed by atoms with Gasteiger partial charge in [-0.05, 0) is 0 Å². The van der Waals surface area contributed by atoms with Crippen LogP contribution in [0.3, 0.4) is 0 Å². The molecule has 0 unspecified atom stereocenters. The number of halogens is 2. The van der Waals surface area contributed by atoms with E-state index >= 15 is 0 Å². The number of rotatable bonds is 2. The first-order valence-corrected chi connectivity index (χ1v) is 4.46. The van der Waals surface area contributed by atoms with Gasteiger partial charge in [-0.2, -0.15) is 0 Å². The summed E-state index contributed by atoms with van der Waals surface area (Å²) >= 11 is 0. The zero-order valence-corrected chi connectivity index (χ0v) is 10.2. The molecule has 3 nitrogen and oxygen atoms in total. The summed E-state index contributed by atoms with van der Waals surface area (Å²) < 4.78 is 0. The Morgan fingerprint density at radius 1 is 0.938 bits per heavy atom. The van der Waals surface area contributed by atoms with Gasteiger partial charge in [0.2, 0.25) is 0 Å². The third kappa shape index (κ3) is 3.45. The summed E-state index contributed by atoms with van der Waals surface area (Å²) in [6.45, 7) is 0.481. The van der Waals surface area contributed by atoms with E-state index in [1.165, 1.54) is 0 Å². The van der Waals surface area contributed by atoms with Crippen molar-refractivity contribution in [3.63, 3.8) is 0 Å². The highest BCUT2D eigenvalue weighted by Gasteiger charge is 1.98. The number of nitrogens with two attached hydrogens (primary N) is 1. The molecule has 2 rings (SSSR count). The minimum Gasteiger partial charge on any atom is -0.326 e. The summed E-state index contributed by atoms with van der Waals surface area (Å²) in [6.07, 6.45) is 3.52.